The molecule has 25 heavy (non-hydrogen) atoms. The molecule has 1 N–H and O–H groups in total. The molecule has 0 bridgehead atoms. The number of nitrogens with zero attached hydrogens (tertiary/aromatic N) is 1. The van der Waals surface area contributed by atoms with Gasteiger partial charge in [0.2, 0.25) is 5.91 Å². The van der Waals surface area contributed by atoms with Crippen LogP contribution in [0.15, 0.2) is 48.5 Å². The van der Waals surface area contributed by atoms with E-state index >= 15 is 0 Å². The molecule has 0 heterocycles. The monoisotopic (exact) mass is 342 g/mol. The Kier molecular flexibility index (Phi) is 7.29. The largest absolute Gasteiger partial charge is 0.495 e. The molecule has 5 heteroatoms. The van der Waals surface area contributed by atoms with Gasteiger partial charge in [0, 0.05) is 6.54 Å². The van der Waals surface area contributed by atoms with Gasteiger partial charge in [-0.1, -0.05) is 37.3 Å². The number of ether oxygens (including phenoxy) is 2. The summed E-state index contributed by atoms with van der Waals surface area (Å²) in [5.74, 6) is 1.47. The number of aryl methyl sites for hydroxylation is 1. The highest BCUT2D eigenvalue weighted by Gasteiger charge is 2.11. The van der Waals surface area contributed by atoms with E-state index < -0.39 is 0 Å². The summed E-state index contributed by atoms with van der Waals surface area (Å²) in [5, 5.41) is 2.90. The van der Waals surface area contributed by atoms with E-state index in [1.807, 2.05) is 67.3 Å². The molecule has 5 nitrogen and oxygen atoms in total. The van der Waals surface area contributed by atoms with Gasteiger partial charge in [-0.05, 0) is 37.2 Å². The third kappa shape index (κ3) is 5.80. The van der Waals surface area contributed by atoms with Crippen LogP contribution in [-0.2, 0) is 4.79 Å². The van der Waals surface area contributed by atoms with Crippen LogP contribution in [0.4, 0.5) is 5.69 Å². The van der Waals surface area contributed by atoms with Crippen LogP contribution in [-0.4, -0.2) is 44.2 Å². The molecule has 1 amide bonds. The summed E-state index contributed by atoms with van der Waals surface area (Å²) in [5.41, 5.74) is 1.79. The first-order chi connectivity index (χ1) is 12.1. The van der Waals surface area contributed by atoms with Crippen LogP contribution in [0, 0.1) is 6.92 Å². The minimum absolute atomic E-state index is 0.0674. The van der Waals surface area contributed by atoms with E-state index in [1.54, 1.807) is 7.11 Å². The van der Waals surface area contributed by atoms with Crippen LogP contribution in [0.3, 0.4) is 0 Å². The highest BCUT2D eigenvalue weighted by Crippen LogP contribution is 2.22. The summed E-state index contributed by atoms with van der Waals surface area (Å²) in [6.07, 6.45) is 0. The SMILES string of the molecule is CCN(CCOc1ccccc1C)CC(=O)Nc1ccccc1OC. The van der Waals surface area contributed by atoms with Crippen molar-refractivity contribution in [1.29, 1.82) is 0 Å². The average molecular weight is 342 g/mol. The minimum Gasteiger partial charge on any atom is -0.495 e. The number of methoxy groups -OCH3 is 1. The van der Waals surface area contributed by atoms with Crippen molar-refractivity contribution in [3.05, 3.63) is 54.1 Å². The Labute approximate surface area is 149 Å². The van der Waals surface area contributed by atoms with Gasteiger partial charge >= 0.3 is 0 Å². The second kappa shape index (κ2) is 9.69. The molecule has 0 radical (unpaired) electrons. The molecule has 0 atom stereocenters. The predicted octanol–water partition coefficient (Wildman–Crippen LogP) is 3.34. The van der Waals surface area contributed by atoms with Crippen molar-refractivity contribution in [3.63, 3.8) is 0 Å². The third-order valence-corrected chi connectivity index (χ3v) is 3.95. The van der Waals surface area contributed by atoms with Gasteiger partial charge in [-0.3, -0.25) is 9.69 Å². The summed E-state index contributed by atoms with van der Waals surface area (Å²) in [4.78, 5) is 14.3. The summed E-state index contributed by atoms with van der Waals surface area (Å²) >= 11 is 0. The second-order valence-electron chi connectivity index (χ2n) is 5.73. The fraction of sp³-hybridized carbons (Fsp3) is 0.350. The summed E-state index contributed by atoms with van der Waals surface area (Å²) in [6.45, 7) is 6.37. The van der Waals surface area contributed by atoms with Crippen molar-refractivity contribution >= 4 is 11.6 Å². The minimum atomic E-state index is -0.0674. The van der Waals surface area contributed by atoms with Gasteiger partial charge in [0.1, 0.15) is 18.1 Å². The molecule has 0 aromatic heterocycles. The van der Waals surface area contributed by atoms with Gasteiger partial charge in [0.25, 0.3) is 0 Å². The maximum Gasteiger partial charge on any atom is 0.238 e. The first-order valence-corrected chi connectivity index (χ1v) is 8.47. The summed E-state index contributed by atoms with van der Waals surface area (Å²) in [7, 11) is 1.59. The zero-order valence-electron chi connectivity index (χ0n) is 15.1. The molecule has 0 aliphatic rings. The zero-order valence-corrected chi connectivity index (χ0v) is 15.1. The van der Waals surface area contributed by atoms with E-state index in [-0.39, 0.29) is 5.91 Å². The number of nitrogens with one attached hydrogen (secondary N) is 1. The number of rotatable bonds is 9. The van der Waals surface area contributed by atoms with Crippen LogP contribution in [0.25, 0.3) is 0 Å². The number of anilines is 1. The maximum absolute atomic E-state index is 12.3. The lowest BCUT2D eigenvalue weighted by Gasteiger charge is -2.20. The van der Waals surface area contributed by atoms with Gasteiger partial charge in [-0.2, -0.15) is 0 Å². The summed E-state index contributed by atoms with van der Waals surface area (Å²) in [6, 6.07) is 15.3. The molecule has 134 valence electrons. The molecule has 2 aromatic rings. The first-order valence-electron chi connectivity index (χ1n) is 8.47. The Morgan fingerprint density at radius 3 is 2.44 bits per heavy atom. The van der Waals surface area contributed by atoms with Crippen molar-refractivity contribution in [2.24, 2.45) is 0 Å². The molecular weight excluding hydrogens is 316 g/mol. The van der Waals surface area contributed by atoms with Crippen LogP contribution in [0.2, 0.25) is 0 Å². The quantitative estimate of drug-likeness (QED) is 0.759. The van der Waals surface area contributed by atoms with E-state index in [0.29, 0.717) is 31.1 Å². The second-order valence-corrected chi connectivity index (χ2v) is 5.73. The van der Waals surface area contributed by atoms with Gasteiger partial charge in [-0.15, -0.1) is 0 Å². The molecule has 0 fully saturated rings. The van der Waals surface area contributed by atoms with E-state index in [2.05, 4.69) is 5.32 Å². The Morgan fingerprint density at radius 1 is 1.08 bits per heavy atom. The van der Waals surface area contributed by atoms with Crippen molar-refractivity contribution < 1.29 is 14.3 Å². The molecule has 2 aromatic carbocycles. The zero-order chi connectivity index (χ0) is 18.1. The average Bonchev–Trinajstić information content (AvgIpc) is 2.62. The van der Waals surface area contributed by atoms with Gasteiger partial charge in [0.05, 0.1) is 19.3 Å². The smallest absolute Gasteiger partial charge is 0.238 e. The van der Waals surface area contributed by atoms with Gasteiger partial charge in [0.15, 0.2) is 0 Å². The van der Waals surface area contributed by atoms with Crippen molar-refractivity contribution in [1.82, 2.24) is 4.90 Å². The number of para-hydroxylation sites is 3. The van der Waals surface area contributed by atoms with Crippen molar-refractivity contribution in [2.75, 3.05) is 38.7 Å². The lowest BCUT2D eigenvalue weighted by atomic mass is 10.2. The third-order valence-electron chi connectivity index (χ3n) is 3.95. The summed E-state index contributed by atoms with van der Waals surface area (Å²) < 4.78 is 11.1. The molecule has 0 aliphatic carbocycles. The predicted molar refractivity (Wildman–Crippen MR) is 100 cm³/mol. The fourth-order valence-electron chi connectivity index (χ4n) is 2.49. The first kappa shape index (κ1) is 18.8. The molecule has 0 saturated carbocycles. The van der Waals surface area contributed by atoms with Crippen LogP contribution >= 0.6 is 0 Å². The number of hydrogen-bond acceptors (Lipinski definition) is 4. The van der Waals surface area contributed by atoms with E-state index in [1.165, 1.54) is 0 Å². The number of benzene rings is 2. The molecule has 0 aliphatic heterocycles. The Hall–Kier alpha value is -2.53. The lowest BCUT2D eigenvalue weighted by molar-refractivity contribution is -0.117. The van der Waals surface area contributed by atoms with Gasteiger partial charge < -0.3 is 14.8 Å². The number of hydrogen-bond donors (Lipinski definition) is 1. The van der Waals surface area contributed by atoms with Crippen molar-refractivity contribution in [3.8, 4) is 11.5 Å². The van der Waals surface area contributed by atoms with E-state index in [4.69, 9.17) is 9.47 Å². The topological polar surface area (TPSA) is 50.8 Å². The highest BCUT2D eigenvalue weighted by atomic mass is 16.5. The fourth-order valence-corrected chi connectivity index (χ4v) is 2.49. The lowest BCUT2D eigenvalue weighted by Crippen LogP contribution is -2.36. The molecular formula is C20H26N2O3. The number of carbonyl (C=O) groups excluding carboxylic acids is 1. The van der Waals surface area contributed by atoms with Gasteiger partial charge in [-0.25, -0.2) is 0 Å². The van der Waals surface area contributed by atoms with E-state index in [9.17, 15) is 4.79 Å². The highest BCUT2D eigenvalue weighted by molar-refractivity contribution is 5.93. The number of likely N-dealkylation sites (N-methyl/N-ethyl adjacent to an activating group) is 1. The van der Waals surface area contributed by atoms with Crippen molar-refractivity contribution in [2.45, 2.75) is 13.8 Å². The standard InChI is InChI=1S/C20H26N2O3/c1-4-22(13-14-25-18-11-7-5-9-16(18)2)15-20(23)21-17-10-6-8-12-19(17)24-3/h5-12H,4,13-15H2,1-3H3,(H,21,23). The Bertz CT molecular complexity index is 688. The molecule has 2 rings (SSSR count). The molecule has 0 unspecified atom stereocenters. The molecule has 0 saturated heterocycles. The van der Waals surface area contributed by atoms with Crippen LogP contribution < -0.4 is 14.8 Å². The van der Waals surface area contributed by atoms with E-state index in [0.717, 1.165) is 17.9 Å². The van der Waals surface area contributed by atoms with Crippen LogP contribution in [0.1, 0.15) is 12.5 Å². The van der Waals surface area contributed by atoms with Crippen LogP contribution in [0.5, 0.6) is 11.5 Å². The maximum atomic E-state index is 12.3. The Morgan fingerprint density at radius 2 is 1.76 bits per heavy atom. The Balaban J connectivity index is 1.82. The normalized spacial score (nSPS) is 10.6. The number of carbonyl (C=O) groups is 1. The molecule has 0 spiro atoms. The number of amides is 1.